The monoisotopic (exact) mass is 439 g/mol. The van der Waals surface area contributed by atoms with Gasteiger partial charge in [0, 0.05) is 31.6 Å². The molecule has 1 heterocycles. The zero-order valence-corrected chi connectivity index (χ0v) is 17.3. The van der Waals surface area contributed by atoms with Crippen LogP contribution < -0.4 is 0 Å². The molecule has 26 heavy (non-hydrogen) atoms. The Bertz CT molecular complexity index is 595. The van der Waals surface area contributed by atoms with Gasteiger partial charge in [-0.2, -0.15) is 0 Å². The molecule has 1 N–H and O–H groups in total. The van der Waals surface area contributed by atoms with Crippen LogP contribution in [0.1, 0.15) is 20.3 Å². The molecular formula is C11H22O12P3+. The van der Waals surface area contributed by atoms with Gasteiger partial charge >= 0.3 is 29.9 Å². The third-order valence-corrected chi connectivity index (χ3v) is 7.32. The fraction of sp³-hybridized carbons (Fsp3) is 0.909. The van der Waals surface area contributed by atoms with E-state index in [9.17, 15) is 18.5 Å². The molecule has 1 aliphatic rings. The number of esters is 1. The molecule has 0 aromatic rings. The van der Waals surface area contributed by atoms with Crippen LogP contribution in [0.15, 0.2) is 0 Å². The number of hydrogen-bond donors (Lipinski definition) is 1. The molecule has 152 valence electrons. The van der Waals surface area contributed by atoms with E-state index < -0.39 is 36.0 Å². The number of hydrogen-bond acceptors (Lipinski definition) is 11. The van der Waals surface area contributed by atoms with Crippen LogP contribution in [0.4, 0.5) is 0 Å². The predicted octanol–water partition coefficient (Wildman–Crippen LogP) is 2.55. The Labute approximate surface area is 151 Å². The first kappa shape index (κ1) is 23.8. The highest BCUT2D eigenvalue weighted by atomic mass is 31.3. The fourth-order valence-electron chi connectivity index (χ4n) is 2.11. The van der Waals surface area contributed by atoms with Crippen molar-refractivity contribution >= 4 is 29.9 Å². The lowest BCUT2D eigenvalue weighted by Gasteiger charge is -2.19. The molecule has 15 heteroatoms. The first-order chi connectivity index (χ1) is 12.0. The number of phosphoric ester groups is 2. The normalized spacial score (nSPS) is 28.2. The maximum atomic E-state index is 12.3. The van der Waals surface area contributed by atoms with E-state index in [1.165, 1.54) is 6.92 Å². The Morgan fingerprint density at radius 3 is 2.42 bits per heavy atom. The minimum absolute atomic E-state index is 0.0880. The van der Waals surface area contributed by atoms with Crippen LogP contribution in [0.25, 0.3) is 0 Å². The maximum Gasteiger partial charge on any atom is 0.719 e. The topological polar surface area (TPSA) is 153 Å². The minimum Gasteiger partial charge on any atom is -0.465 e. The van der Waals surface area contributed by atoms with Crippen molar-refractivity contribution in [3.63, 3.8) is 0 Å². The first-order valence-electron chi connectivity index (χ1n) is 7.34. The summed E-state index contributed by atoms with van der Waals surface area (Å²) < 4.78 is 67.8. The van der Waals surface area contributed by atoms with Crippen LogP contribution in [0, 0.1) is 5.92 Å². The van der Waals surface area contributed by atoms with Crippen molar-refractivity contribution in [3.05, 3.63) is 0 Å². The third kappa shape index (κ3) is 8.19. The van der Waals surface area contributed by atoms with E-state index in [-0.39, 0.29) is 25.2 Å². The zero-order chi connectivity index (χ0) is 20.0. The van der Waals surface area contributed by atoms with E-state index in [4.69, 9.17) is 18.9 Å². The standard InChI is InChI=1S/C11H21O12P3/c1-8-5-10(6-19-9(2)12)11(21-8)7-20-26(16,18-4)23-24(13)22-25(14,15)17-3/h8,10-11H,5-7H2,1-4H3/p+1/t8-,10+,11+,26?/m0/s1. The molecule has 0 aromatic heterocycles. The summed E-state index contributed by atoms with van der Waals surface area (Å²) in [4.78, 5) is 20.0. The van der Waals surface area contributed by atoms with Crippen molar-refractivity contribution in [2.24, 2.45) is 5.92 Å². The third-order valence-electron chi connectivity index (χ3n) is 3.26. The van der Waals surface area contributed by atoms with Gasteiger partial charge in [0.05, 0.1) is 25.4 Å². The Kier molecular flexibility index (Phi) is 9.46. The highest BCUT2D eigenvalue weighted by Crippen LogP contribution is 2.61. The van der Waals surface area contributed by atoms with Gasteiger partial charge in [0.25, 0.3) is 0 Å². The lowest BCUT2D eigenvalue weighted by molar-refractivity contribution is -0.143. The van der Waals surface area contributed by atoms with Crippen molar-refractivity contribution in [2.45, 2.75) is 32.5 Å². The lowest BCUT2D eigenvalue weighted by Crippen LogP contribution is -2.26. The molecule has 1 fully saturated rings. The van der Waals surface area contributed by atoms with E-state index >= 15 is 0 Å². The number of rotatable bonds is 11. The van der Waals surface area contributed by atoms with Crippen molar-refractivity contribution in [3.8, 4) is 0 Å². The molecule has 0 aromatic carbocycles. The van der Waals surface area contributed by atoms with E-state index in [2.05, 4.69) is 17.7 Å². The smallest absolute Gasteiger partial charge is 0.465 e. The Morgan fingerprint density at radius 2 is 1.88 bits per heavy atom. The zero-order valence-electron chi connectivity index (χ0n) is 14.6. The van der Waals surface area contributed by atoms with Crippen molar-refractivity contribution < 1.29 is 55.0 Å². The molecule has 1 rings (SSSR count). The number of phosphoric acid groups is 2. The Morgan fingerprint density at radius 1 is 1.23 bits per heavy atom. The SMILES string of the molecule is COP(=O)(O)O[P+](=O)OP(=O)(OC)OC[C@H]1O[C@@H](C)C[C@@H]1COC(C)=O. The molecule has 12 nitrogen and oxygen atoms in total. The van der Waals surface area contributed by atoms with Crippen LogP contribution in [-0.2, 0) is 50.2 Å². The van der Waals surface area contributed by atoms with Crippen LogP contribution >= 0.6 is 23.9 Å². The summed E-state index contributed by atoms with van der Waals surface area (Å²) in [6.07, 6.45) is -0.148. The van der Waals surface area contributed by atoms with Gasteiger partial charge in [-0.3, -0.25) is 23.3 Å². The summed E-state index contributed by atoms with van der Waals surface area (Å²) >= 11 is 0. The van der Waals surface area contributed by atoms with Crippen LogP contribution in [0.3, 0.4) is 0 Å². The molecule has 3 unspecified atom stereocenters. The van der Waals surface area contributed by atoms with E-state index in [0.717, 1.165) is 14.2 Å². The summed E-state index contributed by atoms with van der Waals surface area (Å²) in [5, 5.41) is 0. The van der Waals surface area contributed by atoms with Gasteiger partial charge in [0.2, 0.25) is 0 Å². The molecule has 0 radical (unpaired) electrons. The maximum absolute atomic E-state index is 12.3. The molecule has 0 amide bonds. The van der Waals surface area contributed by atoms with E-state index in [1.54, 1.807) is 6.92 Å². The highest BCUT2D eigenvalue weighted by molar-refractivity contribution is 7.61. The van der Waals surface area contributed by atoms with Gasteiger partial charge in [0.15, 0.2) is 0 Å². The summed E-state index contributed by atoms with van der Waals surface area (Å²) in [7, 11) is -10.5. The molecule has 0 saturated carbocycles. The van der Waals surface area contributed by atoms with Gasteiger partial charge in [-0.1, -0.05) is 0 Å². The summed E-state index contributed by atoms with van der Waals surface area (Å²) in [6.45, 7) is 2.88. The minimum atomic E-state index is -4.62. The largest absolute Gasteiger partial charge is 0.719 e. The first-order valence-corrected chi connectivity index (χ1v) is 11.4. The van der Waals surface area contributed by atoms with Crippen molar-refractivity contribution in [2.75, 3.05) is 27.4 Å². The van der Waals surface area contributed by atoms with Crippen LogP contribution in [0.5, 0.6) is 0 Å². The molecular weight excluding hydrogens is 417 g/mol. The second-order valence-electron chi connectivity index (χ2n) is 5.25. The van der Waals surface area contributed by atoms with Crippen molar-refractivity contribution in [1.29, 1.82) is 0 Å². The second kappa shape index (κ2) is 10.3. The summed E-state index contributed by atoms with van der Waals surface area (Å²) in [6, 6.07) is 0. The average molecular weight is 439 g/mol. The van der Waals surface area contributed by atoms with E-state index in [1.807, 2.05) is 0 Å². The molecule has 0 spiro atoms. The van der Waals surface area contributed by atoms with Crippen LogP contribution in [-0.4, -0.2) is 50.5 Å². The second-order valence-corrected chi connectivity index (χ2v) is 9.82. The molecule has 1 saturated heterocycles. The predicted molar refractivity (Wildman–Crippen MR) is 86.3 cm³/mol. The van der Waals surface area contributed by atoms with Gasteiger partial charge in [-0.25, -0.2) is 9.13 Å². The fourth-order valence-corrected chi connectivity index (χ4v) is 4.98. The average Bonchev–Trinajstić information content (AvgIpc) is 2.90. The molecule has 0 bridgehead atoms. The van der Waals surface area contributed by atoms with Gasteiger partial charge in [-0.15, -0.1) is 0 Å². The molecule has 1 aliphatic heterocycles. The Balaban J connectivity index is 2.62. The van der Waals surface area contributed by atoms with E-state index in [0.29, 0.717) is 6.42 Å². The summed E-state index contributed by atoms with van der Waals surface area (Å²) in [5.74, 6) is -0.661. The number of ether oxygens (including phenoxy) is 2. The summed E-state index contributed by atoms with van der Waals surface area (Å²) in [5.41, 5.74) is 0. The Hall–Kier alpha value is -0.250. The molecule has 6 atom stereocenters. The van der Waals surface area contributed by atoms with Gasteiger partial charge in [-0.05, 0) is 22.0 Å². The van der Waals surface area contributed by atoms with Crippen LogP contribution in [0.2, 0.25) is 0 Å². The quantitative estimate of drug-likeness (QED) is 0.372. The van der Waals surface area contributed by atoms with Gasteiger partial charge in [0.1, 0.15) is 0 Å². The lowest BCUT2D eigenvalue weighted by atomic mass is 10.0. The molecule has 0 aliphatic carbocycles. The van der Waals surface area contributed by atoms with Gasteiger partial charge < -0.3 is 9.47 Å². The van der Waals surface area contributed by atoms with Crippen molar-refractivity contribution in [1.82, 2.24) is 0 Å². The number of carbonyl (C=O) groups is 1. The highest BCUT2D eigenvalue weighted by Gasteiger charge is 2.46. The number of carbonyl (C=O) groups excluding carboxylic acids is 1.